The van der Waals surface area contributed by atoms with E-state index in [1.165, 1.54) is 11.4 Å². The van der Waals surface area contributed by atoms with Crippen molar-refractivity contribution in [2.45, 2.75) is 26.8 Å². The molecule has 1 heterocycles. The van der Waals surface area contributed by atoms with Gasteiger partial charge in [0.15, 0.2) is 0 Å². The molecule has 0 aliphatic carbocycles. The van der Waals surface area contributed by atoms with Gasteiger partial charge in [0.25, 0.3) is 0 Å². The minimum atomic E-state index is 0.195. The Morgan fingerprint density at radius 1 is 1.00 bits per heavy atom. The number of hydrogen-bond acceptors (Lipinski definition) is 2. The van der Waals surface area contributed by atoms with Crippen LogP contribution in [0.25, 0.3) is 0 Å². The third-order valence-electron chi connectivity index (χ3n) is 2.99. The molecular formula is C14H18N2O. The van der Waals surface area contributed by atoms with Crippen LogP contribution in [0, 0.1) is 13.8 Å². The van der Waals surface area contributed by atoms with Crippen molar-refractivity contribution in [3.05, 3.63) is 53.3 Å². The van der Waals surface area contributed by atoms with Crippen molar-refractivity contribution >= 4 is 0 Å². The van der Waals surface area contributed by atoms with Crippen molar-refractivity contribution in [3.8, 4) is 5.75 Å². The van der Waals surface area contributed by atoms with E-state index in [0.29, 0.717) is 5.75 Å². The summed E-state index contributed by atoms with van der Waals surface area (Å²) in [6.07, 6.45) is 0. The zero-order chi connectivity index (χ0) is 12.4. The van der Waals surface area contributed by atoms with Crippen LogP contribution in [0.1, 0.15) is 29.9 Å². The van der Waals surface area contributed by atoms with E-state index in [2.05, 4.69) is 43.0 Å². The number of aryl methyl sites for hydroxylation is 2. The zero-order valence-electron chi connectivity index (χ0n) is 10.4. The van der Waals surface area contributed by atoms with E-state index in [1.54, 1.807) is 12.1 Å². The van der Waals surface area contributed by atoms with E-state index in [1.807, 2.05) is 12.1 Å². The summed E-state index contributed by atoms with van der Waals surface area (Å²) in [7, 11) is 0. The quantitative estimate of drug-likeness (QED) is 0.850. The summed E-state index contributed by atoms with van der Waals surface area (Å²) in [5.41, 5.74) is 6.95. The molecule has 1 aromatic heterocycles. The molecule has 17 heavy (non-hydrogen) atoms. The van der Waals surface area contributed by atoms with Crippen LogP contribution in [0.5, 0.6) is 5.75 Å². The van der Waals surface area contributed by atoms with Gasteiger partial charge in [-0.15, -0.1) is 0 Å². The fourth-order valence-corrected chi connectivity index (χ4v) is 1.90. The summed E-state index contributed by atoms with van der Waals surface area (Å²) in [6, 6.07) is 11.7. The van der Waals surface area contributed by atoms with E-state index >= 15 is 0 Å². The van der Waals surface area contributed by atoms with Gasteiger partial charge in [-0.3, -0.25) is 4.68 Å². The maximum Gasteiger partial charge on any atom is 0.115 e. The highest BCUT2D eigenvalue weighted by atomic mass is 16.3. The van der Waals surface area contributed by atoms with Gasteiger partial charge in [-0.2, -0.15) is 0 Å². The van der Waals surface area contributed by atoms with Gasteiger partial charge in [0.2, 0.25) is 0 Å². The maximum atomic E-state index is 9.26. The summed E-state index contributed by atoms with van der Waals surface area (Å²) in [5.74, 6) is 0.300. The molecule has 0 aliphatic heterocycles. The van der Waals surface area contributed by atoms with Gasteiger partial charge in [-0.25, -0.2) is 0 Å². The number of aromatic nitrogens is 1. The number of aromatic hydroxyl groups is 1. The van der Waals surface area contributed by atoms with Crippen LogP contribution in [-0.2, 0) is 0 Å². The molecule has 2 N–H and O–H groups in total. The molecule has 0 saturated carbocycles. The van der Waals surface area contributed by atoms with Crippen LogP contribution < -0.4 is 5.43 Å². The number of phenolic OH excluding ortho intramolecular Hbond substituents is 1. The Morgan fingerprint density at radius 2 is 1.53 bits per heavy atom. The molecule has 3 nitrogen and oxygen atoms in total. The van der Waals surface area contributed by atoms with E-state index in [-0.39, 0.29) is 6.04 Å². The van der Waals surface area contributed by atoms with Gasteiger partial charge < -0.3 is 10.5 Å². The predicted octanol–water partition coefficient (Wildman–Crippen LogP) is 3.12. The number of phenols is 1. The topological polar surface area (TPSA) is 37.2 Å². The number of benzene rings is 1. The monoisotopic (exact) mass is 230 g/mol. The average molecular weight is 230 g/mol. The molecule has 0 saturated heterocycles. The van der Waals surface area contributed by atoms with Crippen molar-refractivity contribution in [1.82, 2.24) is 4.68 Å². The fraction of sp³-hybridized carbons (Fsp3) is 0.286. The number of nitrogens with zero attached hydrogens (tertiary/aromatic N) is 1. The summed E-state index contributed by atoms with van der Waals surface area (Å²) < 4.78 is 2.08. The largest absolute Gasteiger partial charge is 0.508 e. The summed E-state index contributed by atoms with van der Waals surface area (Å²) >= 11 is 0. The molecular weight excluding hydrogens is 212 g/mol. The van der Waals surface area contributed by atoms with E-state index < -0.39 is 0 Å². The maximum absolute atomic E-state index is 9.26. The van der Waals surface area contributed by atoms with Crippen LogP contribution in [0.4, 0.5) is 0 Å². The van der Waals surface area contributed by atoms with E-state index in [0.717, 1.165) is 5.56 Å². The highest BCUT2D eigenvalue weighted by Crippen LogP contribution is 2.18. The Morgan fingerprint density at radius 3 is 2.06 bits per heavy atom. The second-order valence-corrected chi connectivity index (χ2v) is 4.39. The highest BCUT2D eigenvalue weighted by molar-refractivity contribution is 5.29. The molecule has 1 unspecified atom stereocenters. The number of hydrogen-bond donors (Lipinski definition) is 2. The zero-order valence-corrected chi connectivity index (χ0v) is 10.4. The second-order valence-electron chi connectivity index (χ2n) is 4.39. The minimum absolute atomic E-state index is 0.195. The smallest absolute Gasteiger partial charge is 0.115 e. The lowest BCUT2D eigenvalue weighted by Gasteiger charge is -2.19. The SMILES string of the molecule is Cc1ccc(C)n1NC(C)c1ccc(O)cc1. The van der Waals surface area contributed by atoms with Gasteiger partial charge in [-0.05, 0) is 50.6 Å². The average Bonchev–Trinajstić information content (AvgIpc) is 2.61. The van der Waals surface area contributed by atoms with Gasteiger partial charge in [0.1, 0.15) is 5.75 Å². The van der Waals surface area contributed by atoms with Crippen molar-refractivity contribution in [3.63, 3.8) is 0 Å². The standard InChI is InChI=1S/C14H18N2O/c1-10-4-5-11(2)16(10)15-12(3)13-6-8-14(17)9-7-13/h4-9,12,15,17H,1-3H3. The summed E-state index contributed by atoms with van der Waals surface area (Å²) in [4.78, 5) is 0. The molecule has 0 bridgehead atoms. The Bertz CT molecular complexity index is 480. The highest BCUT2D eigenvalue weighted by Gasteiger charge is 2.07. The predicted molar refractivity (Wildman–Crippen MR) is 69.8 cm³/mol. The fourth-order valence-electron chi connectivity index (χ4n) is 1.90. The molecule has 0 amide bonds. The second kappa shape index (κ2) is 4.53. The van der Waals surface area contributed by atoms with E-state index in [9.17, 15) is 5.11 Å². The number of rotatable bonds is 3. The van der Waals surface area contributed by atoms with Crippen LogP contribution in [0.2, 0.25) is 0 Å². The minimum Gasteiger partial charge on any atom is -0.508 e. The molecule has 1 atom stereocenters. The van der Waals surface area contributed by atoms with Gasteiger partial charge in [-0.1, -0.05) is 12.1 Å². The molecule has 0 fully saturated rings. The lowest BCUT2D eigenvalue weighted by atomic mass is 10.1. The first kappa shape index (κ1) is 11.6. The molecule has 0 spiro atoms. The van der Waals surface area contributed by atoms with Crippen molar-refractivity contribution in [2.24, 2.45) is 0 Å². The van der Waals surface area contributed by atoms with E-state index in [4.69, 9.17) is 0 Å². The third-order valence-corrected chi connectivity index (χ3v) is 2.99. The lowest BCUT2D eigenvalue weighted by Crippen LogP contribution is -2.20. The van der Waals surface area contributed by atoms with Crippen LogP contribution >= 0.6 is 0 Å². The molecule has 0 aliphatic rings. The van der Waals surface area contributed by atoms with Crippen LogP contribution in [-0.4, -0.2) is 9.78 Å². The lowest BCUT2D eigenvalue weighted by molar-refractivity contribution is 0.475. The number of nitrogens with one attached hydrogen (secondary N) is 1. The summed E-state index contributed by atoms with van der Waals surface area (Å²) in [6.45, 7) is 6.25. The summed E-state index contributed by atoms with van der Waals surface area (Å²) in [5, 5.41) is 9.26. The normalized spacial score (nSPS) is 12.4. The molecule has 2 rings (SSSR count). The molecule has 3 heteroatoms. The van der Waals surface area contributed by atoms with Crippen molar-refractivity contribution in [1.29, 1.82) is 0 Å². The Kier molecular flexibility index (Phi) is 3.09. The Hall–Kier alpha value is -1.90. The van der Waals surface area contributed by atoms with Gasteiger partial charge in [0.05, 0.1) is 6.04 Å². The van der Waals surface area contributed by atoms with Crippen LogP contribution in [0.3, 0.4) is 0 Å². The first-order chi connectivity index (χ1) is 8.08. The van der Waals surface area contributed by atoms with Crippen LogP contribution in [0.15, 0.2) is 36.4 Å². The van der Waals surface area contributed by atoms with Gasteiger partial charge in [0, 0.05) is 11.4 Å². The van der Waals surface area contributed by atoms with Crippen molar-refractivity contribution in [2.75, 3.05) is 5.43 Å². The van der Waals surface area contributed by atoms with Gasteiger partial charge >= 0.3 is 0 Å². The Balaban J connectivity index is 2.17. The third kappa shape index (κ3) is 2.44. The molecule has 0 radical (unpaired) electrons. The molecule has 90 valence electrons. The molecule has 2 aromatic rings. The Labute approximate surface area is 102 Å². The first-order valence-electron chi connectivity index (χ1n) is 5.78. The molecule has 1 aromatic carbocycles. The first-order valence-corrected chi connectivity index (χ1v) is 5.78. The van der Waals surface area contributed by atoms with Crippen molar-refractivity contribution < 1.29 is 5.11 Å².